The van der Waals surface area contributed by atoms with Crippen LogP contribution in [-0.4, -0.2) is 25.8 Å². The third-order valence-corrected chi connectivity index (χ3v) is 3.37. The van der Waals surface area contributed by atoms with Crippen molar-refractivity contribution in [3.05, 3.63) is 34.1 Å². The number of benzene rings is 1. The number of hydrogen-bond acceptors (Lipinski definition) is 3. The maximum absolute atomic E-state index is 13.6. The SMILES string of the molecule is NC(CC1CNCCO1)c1cc(Br)ccc1F. The lowest BCUT2D eigenvalue weighted by Gasteiger charge is -2.26. The van der Waals surface area contributed by atoms with Gasteiger partial charge in [-0.1, -0.05) is 15.9 Å². The van der Waals surface area contributed by atoms with Gasteiger partial charge in [-0.15, -0.1) is 0 Å². The van der Waals surface area contributed by atoms with Gasteiger partial charge in [0.25, 0.3) is 0 Å². The standard InChI is InChI=1S/C12H16BrFN2O/c13-8-1-2-11(14)10(5-8)12(15)6-9-7-16-3-4-17-9/h1-2,5,9,12,16H,3-4,6-7,15H2. The summed E-state index contributed by atoms with van der Waals surface area (Å²) in [4.78, 5) is 0. The molecule has 94 valence electrons. The van der Waals surface area contributed by atoms with Crippen LogP contribution >= 0.6 is 15.9 Å². The first kappa shape index (κ1) is 13.0. The number of halogens is 2. The van der Waals surface area contributed by atoms with Crippen molar-refractivity contribution in [3.63, 3.8) is 0 Å². The molecule has 3 nitrogen and oxygen atoms in total. The third kappa shape index (κ3) is 3.48. The van der Waals surface area contributed by atoms with Crippen molar-refractivity contribution >= 4 is 15.9 Å². The van der Waals surface area contributed by atoms with Gasteiger partial charge in [0.05, 0.1) is 12.7 Å². The highest BCUT2D eigenvalue weighted by atomic mass is 79.9. The fourth-order valence-corrected chi connectivity index (χ4v) is 2.36. The normalized spacial score (nSPS) is 22.4. The van der Waals surface area contributed by atoms with E-state index in [4.69, 9.17) is 10.5 Å². The molecule has 0 amide bonds. The summed E-state index contributed by atoms with van der Waals surface area (Å²) < 4.78 is 20.0. The fraction of sp³-hybridized carbons (Fsp3) is 0.500. The van der Waals surface area contributed by atoms with Crippen molar-refractivity contribution < 1.29 is 9.13 Å². The minimum atomic E-state index is -0.336. The van der Waals surface area contributed by atoms with E-state index in [0.717, 1.165) is 17.6 Å². The third-order valence-electron chi connectivity index (χ3n) is 2.88. The van der Waals surface area contributed by atoms with Crippen molar-refractivity contribution in [2.24, 2.45) is 5.73 Å². The molecule has 5 heteroatoms. The molecule has 1 aromatic rings. The molecule has 1 saturated heterocycles. The largest absolute Gasteiger partial charge is 0.376 e. The molecule has 1 aliphatic heterocycles. The Morgan fingerprint density at radius 1 is 1.59 bits per heavy atom. The summed E-state index contributed by atoms with van der Waals surface area (Å²) in [6.45, 7) is 2.35. The molecular weight excluding hydrogens is 287 g/mol. The predicted molar refractivity (Wildman–Crippen MR) is 68.3 cm³/mol. The highest BCUT2D eigenvalue weighted by Crippen LogP contribution is 2.24. The van der Waals surface area contributed by atoms with E-state index in [2.05, 4.69) is 21.2 Å². The lowest BCUT2D eigenvalue weighted by Crippen LogP contribution is -2.40. The minimum Gasteiger partial charge on any atom is -0.376 e. The Kier molecular flexibility index (Phi) is 4.50. The van der Waals surface area contributed by atoms with Crippen molar-refractivity contribution in [2.45, 2.75) is 18.6 Å². The van der Waals surface area contributed by atoms with E-state index in [1.54, 1.807) is 12.1 Å². The lowest BCUT2D eigenvalue weighted by molar-refractivity contribution is 0.0193. The molecule has 17 heavy (non-hydrogen) atoms. The topological polar surface area (TPSA) is 47.3 Å². The van der Waals surface area contributed by atoms with Crippen LogP contribution in [0.25, 0.3) is 0 Å². The van der Waals surface area contributed by atoms with E-state index < -0.39 is 0 Å². The number of nitrogens with one attached hydrogen (secondary N) is 1. The summed E-state index contributed by atoms with van der Waals surface area (Å²) in [6, 6.07) is 4.50. The number of rotatable bonds is 3. The Balaban J connectivity index is 2.02. The summed E-state index contributed by atoms with van der Waals surface area (Å²) >= 11 is 3.32. The molecule has 0 bridgehead atoms. The van der Waals surface area contributed by atoms with E-state index in [9.17, 15) is 4.39 Å². The molecule has 2 rings (SSSR count). The van der Waals surface area contributed by atoms with Gasteiger partial charge in [-0.2, -0.15) is 0 Å². The molecule has 3 N–H and O–H groups in total. The molecule has 0 saturated carbocycles. The zero-order valence-electron chi connectivity index (χ0n) is 9.46. The Morgan fingerprint density at radius 2 is 2.41 bits per heavy atom. The summed E-state index contributed by atoms with van der Waals surface area (Å²) in [5.41, 5.74) is 6.56. The molecule has 0 aromatic heterocycles. The van der Waals surface area contributed by atoms with Crippen molar-refractivity contribution in [1.82, 2.24) is 5.32 Å². The maximum atomic E-state index is 13.6. The molecule has 2 atom stereocenters. The van der Waals surface area contributed by atoms with Gasteiger partial charge in [0.2, 0.25) is 0 Å². The summed E-state index contributed by atoms with van der Waals surface area (Å²) in [5, 5.41) is 3.23. The van der Waals surface area contributed by atoms with Crippen LogP contribution in [0.3, 0.4) is 0 Å². The Bertz CT molecular complexity index is 383. The molecule has 1 aliphatic rings. The molecule has 1 aromatic carbocycles. The molecule has 2 unspecified atom stereocenters. The molecule has 0 radical (unpaired) electrons. The number of nitrogens with two attached hydrogens (primary N) is 1. The van der Waals surface area contributed by atoms with E-state index in [1.807, 2.05) is 0 Å². The molecule has 1 heterocycles. The van der Waals surface area contributed by atoms with Crippen LogP contribution in [0.2, 0.25) is 0 Å². The highest BCUT2D eigenvalue weighted by molar-refractivity contribution is 9.10. The second kappa shape index (κ2) is 5.91. The van der Waals surface area contributed by atoms with Crippen LogP contribution in [0, 0.1) is 5.82 Å². The first-order chi connectivity index (χ1) is 8.16. The summed E-state index contributed by atoms with van der Waals surface area (Å²) in [6.07, 6.45) is 0.692. The quantitative estimate of drug-likeness (QED) is 0.897. The summed E-state index contributed by atoms with van der Waals surface area (Å²) in [5.74, 6) is -0.260. The van der Waals surface area contributed by atoms with Gasteiger partial charge >= 0.3 is 0 Å². The lowest BCUT2D eigenvalue weighted by atomic mass is 10.0. The molecule has 0 spiro atoms. The predicted octanol–water partition coefficient (Wildman–Crippen LogP) is 1.97. The van der Waals surface area contributed by atoms with E-state index in [-0.39, 0.29) is 18.0 Å². The van der Waals surface area contributed by atoms with Crippen LogP contribution in [0.15, 0.2) is 22.7 Å². The average Bonchev–Trinajstić information content (AvgIpc) is 2.33. The zero-order valence-corrected chi connectivity index (χ0v) is 11.0. The van der Waals surface area contributed by atoms with Gasteiger partial charge in [0.1, 0.15) is 5.82 Å². The van der Waals surface area contributed by atoms with Crippen molar-refractivity contribution in [2.75, 3.05) is 19.7 Å². The second-order valence-corrected chi connectivity index (χ2v) is 5.12. The average molecular weight is 303 g/mol. The fourth-order valence-electron chi connectivity index (χ4n) is 1.98. The molecule has 1 fully saturated rings. The van der Waals surface area contributed by atoms with E-state index in [1.165, 1.54) is 6.07 Å². The Labute approximate surface area is 109 Å². The van der Waals surface area contributed by atoms with Gasteiger partial charge in [-0.25, -0.2) is 4.39 Å². The number of ether oxygens (including phenoxy) is 1. The first-order valence-corrected chi connectivity index (χ1v) is 6.49. The van der Waals surface area contributed by atoms with E-state index >= 15 is 0 Å². The first-order valence-electron chi connectivity index (χ1n) is 5.69. The minimum absolute atomic E-state index is 0.0668. The zero-order chi connectivity index (χ0) is 12.3. The Morgan fingerprint density at radius 3 is 3.12 bits per heavy atom. The van der Waals surface area contributed by atoms with Crippen LogP contribution in [0.5, 0.6) is 0 Å². The van der Waals surface area contributed by atoms with Crippen LogP contribution in [0.1, 0.15) is 18.0 Å². The van der Waals surface area contributed by atoms with Crippen LogP contribution < -0.4 is 11.1 Å². The van der Waals surface area contributed by atoms with Crippen molar-refractivity contribution in [3.8, 4) is 0 Å². The molecular formula is C12H16BrFN2O. The van der Waals surface area contributed by atoms with Crippen molar-refractivity contribution in [1.29, 1.82) is 0 Å². The van der Waals surface area contributed by atoms with Crippen LogP contribution in [-0.2, 0) is 4.74 Å². The van der Waals surface area contributed by atoms with E-state index in [0.29, 0.717) is 18.6 Å². The van der Waals surface area contributed by atoms with Gasteiger partial charge in [0, 0.05) is 29.2 Å². The number of morpholine rings is 1. The van der Waals surface area contributed by atoms with Gasteiger partial charge in [-0.05, 0) is 24.6 Å². The maximum Gasteiger partial charge on any atom is 0.128 e. The monoisotopic (exact) mass is 302 g/mol. The van der Waals surface area contributed by atoms with Crippen LogP contribution in [0.4, 0.5) is 4.39 Å². The summed E-state index contributed by atoms with van der Waals surface area (Å²) in [7, 11) is 0. The Hall–Kier alpha value is -0.490. The van der Waals surface area contributed by atoms with Gasteiger partial charge in [-0.3, -0.25) is 0 Å². The van der Waals surface area contributed by atoms with Gasteiger partial charge < -0.3 is 15.8 Å². The highest BCUT2D eigenvalue weighted by Gasteiger charge is 2.20. The molecule has 0 aliphatic carbocycles. The van der Waals surface area contributed by atoms with Gasteiger partial charge in [0.15, 0.2) is 0 Å². The second-order valence-electron chi connectivity index (χ2n) is 4.20. The smallest absolute Gasteiger partial charge is 0.128 e. The number of hydrogen-bond donors (Lipinski definition) is 2.